The van der Waals surface area contributed by atoms with E-state index < -0.39 is 0 Å². The molecule has 0 aliphatic rings. The van der Waals surface area contributed by atoms with Gasteiger partial charge in [-0.1, -0.05) is 71.7 Å². The van der Waals surface area contributed by atoms with Crippen LogP contribution in [0.15, 0.2) is 77.7 Å². The summed E-state index contributed by atoms with van der Waals surface area (Å²) < 4.78 is 0. The first-order valence-corrected chi connectivity index (χ1v) is 9.73. The zero-order chi connectivity index (χ0) is 18.5. The van der Waals surface area contributed by atoms with E-state index in [1.54, 1.807) is 18.2 Å². The first-order valence-electron chi connectivity index (χ1n) is 8.09. The van der Waals surface area contributed by atoms with Gasteiger partial charge in [-0.05, 0) is 24.3 Å². The molecule has 0 aliphatic carbocycles. The molecule has 3 aromatic rings. The van der Waals surface area contributed by atoms with Crippen LogP contribution in [0.25, 0.3) is 0 Å². The molecule has 3 aromatic carbocycles. The van der Waals surface area contributed by atoms with Crippen molar-refractivity contribution in [3.05, 3.63) is 94.0 Å². The van der Waals surface area contributed by atoms with Crippen LogP contribution in [-0.4, -0.2) is 5.78 Å². The van der Waals surface area contributed by atoms with E-state index in [1.165, 1.54) is 11.8 Å². The highest BCUT2D eigenvalue weighted by Crippen LogP contribution is 2.45. The van der Waals surface area contributed by atoms with Gasteiger partial charge in [0.25, 0.3) is 0 Å². The largest absolute Gasteiger partial charge is 0.398 e. The quantitative estimate of drug-likeness (QED) is 0.284. The van der Waals surface area contributed by atoms with E-state index in [0.717, 1.165) is 10.5 Å². The lowest BCUT2D eigenvalue weighted by molar-refractivity contribution is 0.0982. The molecular formula is C21H17Cl2NOS. The predicted molar refractivity (Wildman–Crippen MR) is 111 cm³/mol. The van der Waals surface area contributed by atoms with Gasteiger partial charge in [-0.25, -0.2) is 0 Å². The lowest BCUT2D eigenvalue weighted by Gasteiger charge is -2.20. The van der Waals surface area contributed by atoms with Crippen LogP contribution >= 0.6 is 35.0 Å². The van der Waals surface area contributed by atoms with Crippen molar-refractivity contribution < 1.29 is 4.79 Å². The summed E-state index contributed by atoms with van der Waals surface area (Å²) in [6.07, 6.45) is 0.270. The normalized spacial score (nSPS) is 11.9. The third-order valence-corrected chi connectivity index (χ3v) is 5.95. The maximum absolute atomic E-state index is 12.8. The molecule has 2 N–H and O–H groups in total. The number of nitrogens with two attached hydrogens (primary N) is 1. The Labute approximate surface area is 167 Å². The number of nitrogen functional groups attached to an aromatic ring is 1. The molecule has 0 radical (unpaired) electrons. The first-order chi connectivity index (χ1) is 12.6. The minimum atomic E-state index is -0.242. The van der Waals surface area contributed by atoms with E-state index in [-0.39, 0.29) is 17.5 Å². The zero-order valence-corrected chi connectivity index (χ0v) is 16.2. The Bertz CT molecular complexity index is 895. The summed E-state index contributed by atoms with van der Waals surface area (Å²) in [5.41, 5.74) is 8.18. The molecule has 0 aliphatic heterocycles. The SMILES string of the molecule is Nc1ccccc1SC(CC(=O)c1ccccc1)c1c(Cl)cccc1Cl. The fourth-order valence-electron chi connectivity index (χ4n) is 2.67. The third-order valence-electron chi connectivity index (χ3n) is 3.98. The van der Waals surface area contributed by atoms with Crippen LogP contribution in [0.3, 0.4) is 0 Å². The van der Waals surface area contributed by atoms with Gasteiger partial charge in [-0.2, -0.15) is 0 Å². The van der Waals surface area contributed by atoms with Crippen LogP contribution in [0, 0.1) is 0 Å². The van der Waals surface area contributed by atoms with Crippen molar-refractivity contribution in [1.29, 1.82) is 0 Å². The molecule has 2 nitrogen and oxygen atoms in total. The molecule has 0 bridgehead atoms. The van der Waals surface area contributed by atoms with Crippen molar-refractivity contribution in [3.8, 4) is 0 Å². The van der Waals surface area contributed by atoms with Crippen LogP contribution in [0.2, 0.25) is 10.0 Å². The number of hydrogen-bond acceptors (Lipinski definition) is 3. The number of carbonyl (C=O) groups excluding carboxylic acids is 1. The minimum Gasteiger partial charge on any atom is -0.398 e. The van der Waals surface area contributed by atoms with E-state index in [2.05, 4.69) is 0 Å². The van der Waals surface area contributed by atoms with Crippen LogP contribution in [-0.2, 0) is 0 Å². The van der Waals surface area contributed by atoms with Gasteiger partial charge in [0.2, 0.25) is 0 Å². The number of halogens is 2. The Morgan fingerprint density at radius 1 is 0.885 bits per heavy atom. The number of anilines is 1. The van der Waals surface area contributed by atoms with E-state index in [0.29, 0.717) is 21.3 Å². The zero-order valence-electron chi connectivity index (χ0n) is 13.9. The van der Waals surface area contributed by atoms with Crippen LogP contribution < -0.4 is 5.73 Å². The lowest BCUT2D eigenvalue weighted by Crippen LogP contribution is -2.07. The number of rotatable bonds is 6. The third kappa shape index (κ3) is 4.42. The molecule has 3 rings (SSSR count). The topological polar surface area (TPSA) is 43.1 Å². The summed E-state index contributed by atoms with van der Waals surface area (Å²) in [7, 11) is 0. The number of thioether (sulfide) groups is 1. The Morgan fingerprint density at radius 2 is 1.50 bits per heavy atom. The number of Topliss-reactive ketones (excluding diaryl/α,β-unsaturated/α-hetero) is 1. The molecule has 26 heavy (non-hydrogen) atoms. The molecule has 0 saturated carbocycles. The van der Waals surface area contributed by atoms with Crippen LogP contribution in [0.5, 0.6) is 0 Å². The molecule has 1 unspecified atom stereocenters. The Balaban J connectivity index is 1.96. The molecular weight excluding hydrogens is 385 g/mol. The van der Waals surface area contributed by atoms with Crippen molar-refractivity contribution in [2.75, 3.05) is 5.73 Å². The number of para-hydroxylation sites is 1. The van der Waals surface area contributed by atoms with Gasteiger partial charge < -0.3 is 5.73 Å². The first kappa shape index (κ1) is 18.8. The highest BCUT2D eigenvalue weighted by molar-refractivity contribution is 7.99. The maximum Gasteiger partial charge on any atom is 0.164 e. The van der Waals surface area contributed by atoms with Gasteiger partial charge in [-0.15, -0.1) is 11.8 Å². The van der Waals surface area contributed by atoms with Crippen molar-refractivity contribution in [2.24, 2.45) is 0 Å². The van der Waals surface area contributed by atoms with E-state index in [1.807, 2.05) is 54.6 Å². The maximum atomic E-state index is 12.8. The molecule has 1 atom stereocenters. The summed E-state index contributed by atoms with van der Waals surface area (Å²) in [4.78, 5) is 13.7. The molecule has 0 saturated heterocycles. The van der Waals surface area contributed by atoms with Crippen LogP contribution in [0.1, 0.15) is 27.6 Å². The van der Waals surface area contributed by atoms with Gasteiger partial charge >= 0.3 is 0 Å². The molecule has 5 heteroatoms. The Morgan fingerprint density at radius 3 is 2.15 bits per heavy atom. The van der Waals surface area contributed by atoms with Gasteiger partial charge in [-0.3, -0.25) is 4.79 Å². The minimum absolute atomic E-state index is 0.0357. The molecule has 0 fully saturated rings. The van der Waals surface area contributed by atoms with Crippen molar-refractivity contribution in [3.63, 3.8) is 0 Å². The van der Waals surface area contributed by atoms with Gasteiger partial charge in [0.05, 0.1) is 0 Å². The molecule has 0 aromatic heterocycles. The molecule has 0 amide bonds. The average molecular weight is 402 g/mol. The van der Waals surface area contributed by atoms with Gasteiger partial charge in [0.1, 0.15) is 0 Å². The molecule has 132 valence electrons. The van der Waals surface area contributed by atoms with E-state index in [9.17, 15) is 4.79 Å². The van der Waals surface area contributed by atoms with Crippen molar-refractivity contribution >= 4 is 46.4 Å². The predicted octanol–water partition coefficient (Wildman–Crippen LogP) is 6.68. The number of carbonyl (C=O) groups is 1. The second-order valence-corrected chi connectivity index (χ2v) is 7.83. The Hall–Kier alpha value is -1.94. The van der Waals surface area contributed by atoms with Gasteiger partial charge in [0, 0.05) is 43.4 Å². The fourth-order valence-corrected chi connectivity index (χ4v) is 4.74. The summed E-state index contributed by atoms with van der Waals surface area (Å²) in [6, 6.07) is 22.2. The number of ketones is 1. The highest BCUT2D eigenvalue weighted by atomic mass is 35.5. The van der Waals surface area contributed by atoms with Crippen LogP contribution in [0.4, 0.5) is 5.69 Å². The van der Waals surface area contributed by atoms with Crippen molar-refractivity contribution in [1.82, 2.24) is 0 Å². The smallest absolute Gasteiger partial charge is 0.164 e. The fraction of sp³-hybridized carbons (Fsp3) is 0.0952. The monoisotopic (exact) mass is 401 g/mol. The average Bonchev–Trinajstić information content (AvgIpc) is 2.64. The summed E-state index contributed by atoms with van der Waals surface area (Å²) >= 11 is 14.3. The van der Waals surface area contributed by atoms with E-state index >= 15 is 0 Å². The summed E-state index contributed by atoms with van der Waals surface area (Å²) in [5, 5.41) is 0.851. The lowest BCUT2D eigenvalue weighted by atomic mass is 10.0. The standard InChI is InChI=1S/C21H17Cl2NOS/c22-15-9-6-10-16(23)21(15)20(26-19-12-5-4-11-17(19)24)13-18(25)14-7-2-1-3-8-14/h1-12,20H,13,24H2. The molecule has 0 heterocycles. The number of hydrogen-bond donors (Lipinski definition) is 1. The van der Waals surface area contributed by atoms with Gasteiger partial charge in [0.15, 0.2) is 5.78 Å². The summed E-state index contributed by atoms with van der Waals surface area (Å²) in [5.74, 6) is 0.0357. The summed E-state index contributed by atoms with van der Waals surface area (Å²) in [6.45, 7) is 0. The highest BCUT2D eigenvalue weighted by Gasteiger charge is 2.23. The second kappa shape index (κ2) is 8.63. The van der Waals surface area contributed by atoms with Crippen molar-refractivity contribution in [2.45, 2.75) is 16.6 Å². The second-order valence-electron chi connectivity index (χ2n) is 5.77. The Kier molecular flexibility index (Phi) is 6.25. The molecule has 0 spiro atoms. The number of benzene rings is 3. The van der Waals surface area contributed by atoms with E-state index in [4.69, 9.17) is 28.9 Å².